The van der Waals surface area contributed by atoms with Gasteiger partial charge < -0.3 is 0 Å². The van der Waals surface area contributed by atoms with Gasteiger partial charge in [-0.3, -0.25) is 10.1 Å². The first kappa shape index (κ1) is 9.44. The predicted molar refractivity (Wildman–Crippen MR) is 22.7 cm³/mol. The van der Waals surface area contributed by atoms with E-state index in [0.717, 1.165) is 7.98 Å². The van der Waals surface area contributed by atoms with Crippen molar-refractivity contribution in [3.05, 3.63) is 10.1 Å². The van der Waals surface area contributed by atoms with Crippen LogP contribution in [0.5, 0.6) is 0 Å². The van der Waals surface area contributed by atoms with Crippen LogP contribution < -0.4 is 0 Å². The monoisotopic (exact) mass is 99.0 g/mol. The van der Waals surface area contributed by atoms with Crippen LogP contribution in [-0.4, -0.2) is 64.2 Å². The third-order valence-corrected chi connectivity index (χ3v) is 0. The van der Waals surface area contributed by atoms with E-state index in [0.29, 0.717) is 0 Å². The Morgan fingerprint density at radius 2 is 1.80 bits per heavy atom. The van der Waals surface area contributed by atoms with E-state index in [2.05, 4.69) is 0 Å². The molecule has 5 heteroatoms. The minimum absolute atomic E-state index is 0. The standard InChI is InChI=1S/BH2NO2.K.H/c1-2(3)4;;/h1H2;;. The zero-order valence-corrected chi connectivity index (χ0v) is 2.26. The van der Waals surface area contributed by atoms with E-state index < -0.39 is 4.83 Å². The van der Waals surface area contributed by atoms with Gasteiger partial charge in [0.05, 0.1) is 0 Å². The Labute approximate surface area is 73.1 Å². The molecule has 0 heterocycles. The van der Waals surface area contributed by atoms with Crippen molar-refractivity contribution >= 4 is 59.4 Å². The van der Waals surface area contributed by atoms with Crippen LogP contribution in [0.1, 0.15) is 0 Å². The summed E-state index contributed by atoms with van der Waals surface area (Å²) in [6, 6.07) is 0. The molecule has 0 saturated heterocycles. The normalized spacial score (nSPS) is 4.80. The number of rotatable bonds is 0. The van der Waals surface area contributed by atoms with Gasteiger partial charge in [0.1, 0.15) is 0 Å². The summed E-state index contributed by atoms with van der Waals surface area (Å²) in [5, 5.41) is 8.81. The topological polar surface area (TPSA) is 43.1 Å². The van der Waals surface area contributed by atoms with Crippen molar-refractivity contribution in [1.82, 2.24) is 0 Å². The summed E-state index contributed by atoms with van der Waals surface area (Å²) in [6.45, 7) is 0. The van der Waals surface area contributed by atoms with Gasteiger partial charge in [-0.05, 0) is 0 Å². The van der Waals surface area contributed by atoms with Gasteiger partial charge in [0, 0.05) is 0 Å². The van der Waals surface area contributed by atoms with Crippen molar-refractivity contribution < 1.29 is 4.83 Å². The molecule has 24 valence electrons. The molecule has 0 aliphatic carbocycles. The van der Waals surface area contributed by atoms with E-state index >= 15 is 0 Å². The minimum atomic E-state index is -0.500. The molecule has 0 atom stereocenters. The van der Waals surface area contributed by atoms with E-state index in [1.165, 1.54) is 0 Å². The molecule has 0 radical (unpaired) electrons. The van der Waals surface area contributed by atoms with Crippen LogP contribution in [0.4, 0.5) is 0 Å². The van der Waals surface area contributed by atoms with Crippen molar-refractivity contribution in [3.8, 4) is 0 Å². The van der Waals surface area contributed by atoms with Gasteiger partial charge in [-0.15, -0.1) is 0 Å². The number of nitrogens with zero attached hydrogens (tertiary/aromatic N) is 1. The third kappa shape index (κ3) is 40.5. The van der Waals surface area contributed by atoms with Gasteiger partial charge in [0.25, 0.3) is 0 Å². The molecular formula is H3BKNO2. The third-order valence-electron chi connectivity index (χ3n) is 0. The quantitative estimate of drug-likeness (QED) is 0.203. The van der Waals surface area contributed by atoms with Crippen LogP contribution in [-0.2, 0) is 0 Å². The van der Waals surface area contributed by atoms with Crippen molar-refractivity contribution in [2.45, 2.75) is 0 Å². The van der Waals surface area contributed by atoms with Gasteiger partial charge in [0.2, 0.25) is 0 Å². The Balaban J connectivity index is 0. The number of nitro groups is 1. The van der Waals surface area contributed by atoms with Gasteiger partial charge in [-0.25, -0.2) is 0 Å². The fraction of sp³-hybridized carbons (Fsp3) is 0. The molecule has 0 N–H and O–H groups in total. The van der Waals surface area contributed by atoms with Gasteiger partial charge in [0.15, 0.2) is 0 Å². The molecule has 0 aliphatic heterocycles. The summed E-state index contributed by atoms with van der Waals surface area (Å²) in [5.41, 5.74) is 0. The van der Waals surface area contributed by atoms with Crippen molar-refractivity contribution in [2.24, 2.45) is 0 Å². The first-order chi connectivity index (χ1) is 1.73. The SMILES string of the molecule is B[N+](=O)[O-].[KH]. The molecule has 0 amide bonds. The van der Waals surface area contributed by atoms with Gasteiger partial charge in [-0.1, -0.05) is 4.83 Å². The van der Waals surface area contributed by atoms with Crippen LogP contribution >= 0.6 is 0 Å². The van der Waals surface area contributed by atoms with E-state index in [9.17, 15) is 0 Å². The summed E-state index contributed by atoms with van der Waals surface area (Å²) in [7, 11) is 0.889. The van der Waals surface area contributed by atoms with Crippen LogP contribution in [0.3, 0.4) is 0 Å². The summed E-state index contributed by atoms with van der Waals surface area (Å²) in [5.74, 6) is 0. The first-order valence-electron chi connectivity index (χ1n) is 0.812. The van der Waals surface area contributed by atoms with E-state index in [1.807, 2.05) is 0 Å². The Hall–Kier alpha value is 1.10. The molecule has 5 heavy (non-hydrogen) atoms. The van der Waals surface area contributed by atoms with Crippen LogP contribution in [0.15, 0.2) is 0 Å². The maximum atomic E-state index is 8.81. The van der Waals surface area contributed by atoms with Crippen LogP contribution in [0.2, 0.25) is 0 Å². The summed E-state index contributed by atoms with van der Waals surface area (Å²) in [4.78, 5) is 8.31. The predicted octanol–water partition coefficient (Wildman–Crippen LogP) is -1.84. The molecular weight excluding hydrogens is 95.9 g/mol. The van der Waals surface area contributed by atoms with Gasteiger partial charge in [-0.2, -0.15) is 0 Å². The second-order valence-electron chi connectivity index (χ2n) is 0.440. The molecule has 0 bridgehead atoms. The second kappa shape index (κ2) is 5.10. The zero-order chi connectivity index (χ0) is 3.58. The fourth-order valence-corrected chi connectivity index (χ4v) is 0. The molecule has 0 fully saturated rings. The van der Waals surface area contributed by atoms with Crippen molar-refractivity contribution in [2.75, 3.05) is 0 Å². The average molecular weight is 98.9 g/mol. The maximum absolute atomic E-state index is 8.81. The molecule has 0 rings (SSSR count). The zero-order valence-electron chi connectivity index (χ0n) is 2.26. The summed E-state index contributed by atoms with van der Waals surface area (Å²) >= 11 is 0. The Morgan fingerprint density at radius 3 is 1.80 bits per heavy atom. The molecule has 0 spiro atoms. The summed E-state index contributed by atoms with van der Waals surface area (Å²) in [6.07, 6.45) is 0. The molecule has 0 saturated carbocycles. The van der Waals surface area contributed by atoms with Crippen LogP contribution in [0, 0.1) is 10.1 Å². The van der Waals surface area contributed by atoms with E-state index in [-0.39, 0.29) is 51.4 Å². The second-order valence-corrected chi connectivity index (χ2v) is 0.440. The molecule has 0 aromatic heterocycles. The Morgan fingerprint density at radius 1 is 1.80 bits per heavy atom. The van der Waals surface area contributed by atoms with E-state index in [1.54, 1.807) is 0 Å². The first-order valence-corrected chi connectivity index (χ1v) is 0.812. The molecule has 0 aliphatic rings. The fourth-order valence-electron chi connectivity index (χ4n) is 0. The number of hydrogen-bond acceptors (Lipinski definition) is 2. The van der Waals surface area contributed by atoms with E-state index in [4.69, 9.17) is 10.1 Å². The molecule has 0 unspecified atom stereocenters. The molecule has 0 aromatic carbocycles. The van der Waals surface area contributed by atoms with Crippen LogP contribution in [0.25, 0.3) is 0 Å². The van der Waals surface area contributed by atoms with Crippen molar-refractivity contribution in [1.29, 1.82) is 0 Å². The number of hydrogen-bond donors (Lipinski definition) is 0. The summed E-state index contributed by atoms with van der Waals surface area (Å²) < 4.78 is 0. The Bertz CT molecular complexity index is 32.6. The molecule has 0 aromatic rings. The molecule has 3 nitrogen and oxygen atoms in total. The van der Waals surface area contributed by atoms with Gasteiger partial charge >= 0.3 is 59.4 Å². The van der Waals surface area contributed by atoms with Crippen molar-refractivity contribution in [3.63, 3.8) is 0 Å². The average Bonchev–Trinajstić information content (AvgIpc) is 0.811. The Kier molecular flexibility index (Phi) is 9.63.